The van der Waals surface area contributed by atoms with E-state index >= 15 is 0 Å². The van der Waals surface area contributed by atoms with Crippen molar-refractivity contribution in [1.29, 1.82) is 0 Å². The minimum Gasteiger partial charge on any atom is -0.480 e. The van der Waals surface area contributed by atoms with Gasteiger partial charge >= 0.3 is 5.97 Å². The molecule has 1 aromatic heterocycles. The van der Waals surface area contributed by atoms with Crippen LogP contribution in [0.1, 0.15) is 32.5 Å². The Morgan fingerprint density at radius 3 is 2.76 bits per heavy atom. The SMILES string of the molecule is CCc1nc2ccccc2n1CCCC(C)(NC)C(=O)O. The van der Waals surface area contributed by atoms with Crippen molar-refractivity contribution in [3.05, 3.63) is 30.1 Å². The van der Waals surface area contributed by atoms with Crippen molar-refractivity contribution < 1.29 is 9.90 Å². The van der Waals surface area contributed by atoms with Gasteiger partial charge in [0.15, 0.2) is 0 Å². The van der Waals surface area contributed by atoms with Crippen LogP contribution in [-0.2, 0) is 17.8 Å². The number of fused-ring (bicyclic) bond motifs is 1. The van der Waals surface area contributed by atoms with Crippen LogP contribution in [0.15, 0.2) is 24.3 Å². The highest BCUT2D eigenvalue weighted by Crippen LogP contribution is 2.19. The minimum absolute atomic E-state index is 0.578. The lowest BCUT2D eigenvalue weighted by Gasteiger charge is -2.24. The number of aromatic nitrogens is 2. The fourth-order valence-corrected chi connectivity index (χ4v) is 2.57. The molecular formula is C16H23N3O2. The molecule has 5 heteroatoms. The second kappa shape index (κ2) is 6.26. The van der Waals surface area contributed by atoms with Crippen LogP contribution in [0.25, 0.3) is 11.0 Å². The molecular weight excluding hydrogens is 266 g/mol. The maximum Gasteiger partial charge on any atom is 0.323 e. The molecule has 5 nitrogen and oxygen atoms in total. The molecule has 2 aromatic rings. The van der Waals surface area contributed by atoms with Gasteiger partial charge in [0.1, 0.15) is 11.4 Å². The summed E-state index contributed by atoms with van der Waals surface area (Å²) in [5.74, 6) is 0.244. The number of nitrogens with zero attached hydrogens (tertiary/aromatic N) is 2. The van der Waals surface area contributed by atoms with Crippen molar-refractivity contribution in [3.8, 4) is 0 Å². The molecule has 1 aromatic carbocycles. The average Bonchev–Trinajstić information content (AvgIpc) is 2.85. The summed E-state index contributed by atoms with van der Waals surface area (Å²) in [6.45, 7) is 4.60. The van der Waals surface area contributed by atoms with E-state index in [2.05, 4.69) is 27.9 Å². The monoisotopic (exact) mass is 289 g/mol. The molecule has 2 N–H and O–H groups in total. The Kier molecular flexibility index (Phi) is 4.63. The summed E-state index contributed by atoms with van der Waals surface area (Å²) in [5, 5.41) is 12.2. The summed E-state index contributed by atoms with van der Waals surface area (Å²) < 4.78 is 2.20. The minimum atomic E-state index is -0.872. The van der Waals surface area contributed by atoms with Crippen molar-refractivity contribution in [2.75, 3.05) is 7.05 Å². The van der Waals surface area contributed by atoms with E-state index in [0.717, 1.165) is 36.2 Å². The molecule has 0 aliphatic carbocycles. The second-order valence-corrected chi connectivity index (χ2v) is 5.51. The van der Waals surface area contributed by atoms with Gasteiger partial charge in [-0.2, -0.15) is 0 Å². The molecule has 21 heavy (non-hydrogen) atoms. The van der Waals surface area contributed by atoms with Crippen molar-refractivity contribution in [2.45, 2.75) is 45.2 Å². The Morgan fingerprint density at radius 2 is 2.14 bits per heavy atom. The molecule has 0 fully saturated rings. The normalized spacial score (nSPS) is 14.2. The van der Waals surface area contributed by atoms with Gasteiger partial charge in [-0.1, -0.05) is 19.1 Å². The number of hydrogen-bond donors (Lipinski definition) is 2. The molecule has 1 heterocycles. The average molecular weight is 289 g/mol. The number of carboxylic acids is 1. The van der Waals surface area contributed by atoms with E-state index in [1.165, 1.54) is 0 Å². The van der Waals surface area contributed by atoms with Gasteiger partial charge in [0.2, 0.25) is 0 Å². The predicted octanol–water partition coefficient (Wildman–Crippen LogP) is 2.44. The highest BCUT2D eigenvalue weighted by atomic mass is 16.4. The fraction of sp³-hybridized carbons (Fsp3) is 0.500. The Balaban J connectivity index is 2.15. The number of aliphatic carboxylic acids is 1. The molecule has 0 saturated heterocycles. The number of aryl methyl sites for hydroxylation is 2. The molecule has 0 amide bonds. The van der Waals surface area contributed by atoms with Crippen LogP contribution in [-0.4, -0.2) is 33.2 Å². The zero-order chi connectivity index (χ0) is 15.5. The van der Waals surface area contributed by atoms with Gasteiger partial charge < -0.3 is 15.0 Å². The molecule has 114 valence electrons. The number of rotatable bonds is 7. The van der Waals surface area contributed by atoms with Crippen molar-refractivity contribution in [2.24, 2.45) is 0 Å². The Bertz CT molecular complexity index is 635. The maximum absolute atomic E-state index is 11.3. The van der Waals surface area contributed by atoms with E-state index in [0.29, 0.717) is 6.42 Å². The number of imidazole rings is 1. The molecule has 2 rings (SSSR count). The fourth-order valence-electron chi connectivity index (χ4n) is 2.57. The lowest BCUT2D eigenvalue weighted by molar-refractivity contribution is -0.144. The van der Waals surface area contributed by atoms with Crippen LogP contribution in [0.4, 0.5) is 0 Å². The molecule has 0 aliphatic rings. The number of para-hydroxylation sites is 2. The molecule has 0 aliphatic heterocycles. The smallest absolute Gasteiger partial charge is 0.323 e. The number of nitrogens with one attached hydrogen (secondary N) is 1. The van der Waals surface area contributed by atoms with Gasteiger partial charge in [0.05, 0.1) is 11.0 Å². The van der Waals surface area contributed by atoms with E-state index < -0.39 is 11.5 Å². The number of carboxylic acid groups (broad SMARTS) is 1. The van der Waals surface area contributed by atoms with Gasteiger partial charge in [-0.15, -0.1) is 0 Å². The van der Waals surface area contributed by atoms with Crippen LogP contribution < -0.4 is 5.32 Å². The molecule has 1 atom stereocenters. The standard InChI is InChI=1S/C16H23N3O2/c1-4-14-18-12-8-5-6-9-13(12)19(14)11-7-10-16(2,17-3)15(20)21/h5-6,8-9,17H,4,7,10-11H2,1-3H3,(H,20,21). The topological polar surface area (TPSA) is 67.2 Å². The summed E-state index contributed by atoms with van der Waals surface area (Å²) in [6, 6.07) is 8.08. The van der Waals surface area contributed by atoms with Crippen molar-refractivity contribution in [3.63, 3.8) is 0 Å². The molecule has 0 saturated carbocycles. The van der Waals surface area contributed by atoms with Gasteiger partial charge in [-0.3, -0.25) is 4.79 Å². The number of benzene rings is 1. The predicted molar refractivity (Wildman–Crippen MR) is 83.4 cm³/mol. The van der Waals surface area contributed by atoms with Gasteiger partial charge in [-0.05, 0) is 38.9 Å². The summed E-state index contributed by atoms with van der Waals surface area (Å²) in [4.78, 5) is 15.9. The zero-order valence-electron chi connectivity index (χ0n) is 12.9. The Hall–Kier alpha value is -1.88. The van der Waals surface area contributed by atoms with Crippen molar-refractivity contribution >= 4 is 17.0 Å². The number of carbonyl (C=O) groups is 1. The first kappa shape index (κ1) is 15.5. The number of hydrogen-bond acceptors (Lipinski definition) is 3. The lowest BCUT2D eigenvalue weighted by Crippen LogP contribution is -2.47. The first-order chi connectivity index (χ1) is 10.0. The van der Waals surface area contributed by atoms with Crippen LogP contribution in [0.3, 0.4) is 0 Å². The van der Waals surface area contributed by atoms with Gasteiger partial charge in [-0.25, -0.2) is 4.98 Å². The number of likely N-dealkylation sites (N-methyl/N-ethyl adjacent to an activating group) is 1. The van der Waals surface area contributed by atoms with E-state index in [9.17, 15) is 9.90 Å². The third-order valence-electron chi connectivity index (χ3n) is 4.13. The second-order valence-electron chi connectivity index (χ2n) is 5.51. The third-order valence-corrected chi connectivity index (χ3v) is 4.13. The summed E-state index contributed by atoms with van der Waals surface area (Å²) in [7, 11) is 1.69. The van der Waals surface area contributed by atoms with Crippen LogP contribution in [0.5, 0.6) is 0 Å². The molecule has 1 unspecified atom stereocenters. The summed E-state index contributed by atoms with van der Waals surface area (Å²) in [6.07, 6.45) is 2.24. The quantitative estimate of drug-likeness (QED) is 0.821. The largest absolute Gasteiger partial charge is 0.480 e. The molecule has 0 bridgehead atoms. The zero-order valence-corrected chi connectivity index (χ0v) is 12.9. The first-order valence-electron chi connectivity index (χ1n) is 7.38. The lowest BCUT2D eigenvalue weighted by atomic mass is 9.96. The summed E-state index contributed by atoms with van der Waals surface area (Å²) >= 11 is 0. The first-order valence-corrected chi connectivity index (χ1v) is 7.38. The Labute approximate surface area is 125 Å². The highest BCUT2D eigenvalue weighted by molar-refractivity contribution is 5.78. The van der Waals surface area contributed by atoms with Crippen molar-refractivity contribution in [1.82, 2.24) is 14.9 Å². The molecule has 0 spiro atoms. The van der Waals surface area contributed by atoms with E-state index in [-0.39, 0.29) is 0 Å². The van der Waals surface area contributed by atoms with Gasteiger partial charge in [0.25, 0.3) is 0 Å². The van der Waals surface area contributed by atoms with E-state index in [4.69, 9.17) is 0 Å². The third kappa shape index (κ3) is 3.08. The van der Waals surface area contributed by atoms with Crippen LogP contribution in [0, 0.1) is 0 Å². The highest BCUT2D eigenvalue weighted by Gasteiger charge is 2.30. The molecule has 0 radical (unpaired) electrons. The van der Waals surface area contributed by atoms with Gasteiger partial charge in [0, 0.05) is 13.0 Å². The van der Waals surface area contributed by atoms with E-state index in [1.807, 2.05) is 18.2 Å². The van der Waals surface area contributed by atoms with Crippen LogP contribution >= 0.6 is 0 Å². The summed E-state index contributed by atoms with van der Waals surface area (Å²) in [5.41, 5.74) is 1.25. The van der Waals surface area contributed by atoms with E-state index in [1.54, 1.807) is 14.0 Å². The van der Waals surface area contributed by atoms with Crippen LogP contribution in [0.2, 0.25) is 0 Å². The Morgan fingerprint density at radius 1 is 1.43 bits per heavy atom. The maximum atomic E-state index is 11.3.